The lowest BCUT2D eigenvalue weighted by atomic mass is 9.88. The summed E-state index contributed by atoms with van der Waals surface area (Å²) in [5, 5.41) is 1.33. The Balaban J connectivity index is 1.44. The molecular formula is C23H26N2O3. The van der Waals surface area contributed by atoms with Crippen molar-refractivity contribution in [3.63, 3.8) is 0 Å². The zero-order chi connectivity index (χ0) is 18.9. The van der Waals surface area contributed by atoms with Crippen molar-refractivity contribution in [3.8, 4) is 11.5 Å². The van der Waals surface area contributed by atoms with Crippen molar-refractivity contribution < 1.29 is 14.2 Å². The maximum Gasteiger partial charge on any atom is 0.231 e. The fourth-order valence-corrected chi connectivity index (χ4v) is 4.59. The van der Waals surface area contributed by atoms with E-state index in [4.69, 9.17) is 14.2 Å². The Morgan fingerprint density at radius 3 is 2.93 bits per heavy atom. The second-order valence-electron chi connectivity index (χ2n) is 7.60. The summed E-state index contributed by atoms with van der Waals surface area (Å²) in [4.78, 5) is 5.96. The molecule has 146 valence electrons. The number of methoxy groups -OCH3 is 1. The molecule has 0 bridgehead atoms. The van der Waals surface area contributed by atoms with Crippen LogP contribution in [-0.2, 0) is 17.6 Å². The number of para-hydroxylation sites is 1. The molecule has 0 fully saturated rings. The number of nitrogens with zero attached hydrogens (tertiary/aromatic N) is 1. The number of H-pyrrole nitrogens is 1. The van der Waals surface area contributed by atoms with Crippen LogP contribution >= 0.6 is 0 Å². The van der Waals surface area contributed by atoms with Gasteiger partial charge in [0.05, 0.1) is 6.61 Å². The summed E-state index contributed by atoms with van der Waals surface area (Å²) < 4.78 is 16.6. The first-order chi connectivity index (χ1) is 13.8. The minimum Gasteiger partial charge on any atom is -0.454 e. The normalized spacial score (nSPS) is 18.5. The third-order valence-corrected chi connectivity index (χ3v) is 6.05. The van der Waals surface area contributed by atoms with Gasteiger partial charge < -0.3 is 19.2 Å². The van der Waals surface area contributed by atoms with Crippen LogP contribution in [-0.4, -0.2) is 43.5 Å². The van der Waals surface area contributed by atoms with E-state index >= 15 is 0 Å². The summed E-state index contributed by atoms with van der Waals surface area (Å²) in [7, 11) is 1.77. The van der Waals surface area contributed by atoms with Crippen molar-refractivity contribution >= 4 is 10.9 Å². The molecule has 0 saturated carbocycles. The van der Waals surface area contributed by atoms with Crippen LogP contribution in [0.3, 0.4) is 0 Å². The molecule has 5 rings (SSSR count). The highest BCUT2D eigenvalue weighted by atomic mass is 16.7. The number of nitrogens with one attached hydrogen (secondary N) is 1. The molecular weight excluding hydrogens is 352 g/mol. The van der Waals surface area contributed by atoms with Gasteiger partial charge in [-0.15, -0.1) is 0 Å². The highest BCUT2D eigenvalue weighted by Crippen LogP contribution is 2.42. The van der Waals surface area contributed by atoms with Crippen LogP contribution in [0.1, 0.15) is 29.2 Å². The van der Waals surface area contributed by atoms with Crippen LogP contribution in [0.5, 0.6) is 11.5 Å². The van der Waals surface area contributed by atoms with Gasteiger partial charge in [-0.1, -0.05) is 18.2 Å². The Kier molecular flexibility index (Phi) is 4.71. The van der Waals surface area contributed by atoms with E-state index in [-0.39, 0.29) is 0 Å². The van der Waals surface area contributed by atoms with Crippen molar-refractivity contribution in [1.82, 2.24) is 9.88 Å². The summed E-state index contributed by atoms with van der Waals surface area (Å²) in [6.07, 6.45) is 5.30. The molecule has 5 nitrogen and oxygen atoms in total. The molecule has 28 heavy (non-hydrogen) atoms. The molecule has 0 saturated heterocycles. The zero-order valence-corrected chi connectivity index (χ0v) is 16.2. The lowest BCUT2D eigenvalue weighted by Gasteiger charge is -2.37. The second kappa shape index (κ2) is 7.49. The Bertz CT molecular complexity index is 981. The predicted octanol–water partition coefficient (Wildman–Crippen LogP) is 4.08. The van der Waals surface area contributed by atoms with E-state index in [9.17, 15) is 0 Å². The van der Waals surface area contributed by atoms with E-state index in [1.807, 2.05) is 0 Å². The van der Waals surface area contributed by atoms with E-state index in [1.54, 1.807) is 7.11 Å². The van der Waals surface area contributed by atoms with Gasteiger partial charge in [-0.3, -0.25) is 4.90 Å². The Labute approximate surface area is 165 Å². The molecule has 2 aliphatic rings. The summed E-state index contributed by atoms with van der Waals surface area (Å²) in [6.45, 7) is 3.08. The molecule has 1 N–H and O–H groups in total. The van der Waals surface area contributed by atoms with E-state index in [0.29, 0.717) is 12.8 Å². The van der Waals surface area contributed by atoms with Gasteiger partial charge in [-0.05, 0) is 54.2 Å². The first kappa shape index (κ1) is 17.6. The molecule has 1 aromatic heterocycles. The van der Waals surface area contributed by atoms with E-state index < -0.39 is 0 Å². The number of benzene rings is 2. The number of ether oxygens (including phenoxy) is 3. The molecule has 1 unspecified atom stereocenters. The predicted molar refractivity (Wildman–Crippen MR) is 109 cm³/mol. The lowest BCUT2D eigenvalue weighted by Crippen LogP contribution is -2.37. The maximum absolute atomic E-state index is 5.67. The highest BCUT2D eigenvalue weighted by Gasteiger charge is 2.30. The van der Waals surface area contributed by atoms with E-state index in [2.05, 4.69) is 52.5 Å². The smallest absolute Gasteiger partial charge is 0.231 e. The average Bonchev–Trinajstić information content (AvgIpc) is 3.35. The van der Waals surface area contributed by atoms with Gasteiger partial charge in [0.2, 0.25) is 6.79 Å². The second-order valence-corrected chi connectivity index (χ2v) is 7.60. The molecule has 3 aromatic rings. The minimum absolute atomic E-state index is 0.325. The largest absolute Gasteiger partial charge is 0.454 e. The minimum atomic E-state index is 0.325. The molecule has 0 aliphatic carbocycles. The van der Waals surface area contributed by atoms with Crippen molar-refractivity contribution in [1.29, 1.82) is 0 Å². The molecule has 2 aliphatic heterocycles. The highest BCUT2D eigenvalue weighted by molar-refractivity contribution is 5.83. The van der Waals surface area contributed by atoms with Crippen LogP contribution < -0.4 is 9.47 Å². The van der Waals surface area contributed by atoms with Gasteiger partial charge in [0, 0.05) is 43.3 Å². The Morgan fingerprint density at radius 1 is 1.18 bits per heavy atom. The van der Waals surface area contributed by atoms with E-state index in [1.165, 1.54) is 27.6 Å². The van der Waals surface area contributed by atoms with Crippen LogP contribution in [0.25, 0.3) is 10.9 Å². The third kappa shape index (κ3) is 3.15. The van der Waals surface area contributed by atoms with Crippen LogP contribution in [0.15, 0.2) is 42.6 Å². The Morgan fingerprint density at radius 2 is 2.04 bits per heavy atom. The van der Waals surface area contributed by atoms with Crippen LogP contribution in [0.4, 0.5) is 0 Å². The van der Waals surface area contributed by atoms with Gasteiger partial charge in [0.25, 0.3) is 0 Å². The quantitative estimate of drug-likeness (QED) is 0.702. The van der Waals surface area contributed by atoms with Crippen molar-refractivity contribution in [2.75, 3.05) is 33.6 Å². The molecule has 0 radical (unpaired) electrons. The summed E-state index contributed by atoms with van der Waals surface area (Å²) >= 11 is 0. The number of aromatic amines is 1. The van der Waals surface area contributed by atoms with Gasteiger partial charge >= 0.3 is 0 Å². The number of aryl methyl sites for hydroxylation is 1. The third-order valence-electron chi connectivity index (χ3n) is 6.05. The summed E-state index contributed by atoms with van der Waals surface area (Å²) in [6, 6.07) is 13.3. The lowest BCUT2D eigenvalue weighted by molar-refractivity contribution is 0.110. The van der Waals surface area contributed by atoms with Crippen LogP contribution in [0, 0.1) is 0 Å². The SMILES string of the molecule is COCCN1CCc2cc3c(cc2C1CCc1c[nH]c2ccccc12)OCO3. The van der Waals surface area contributed by atoms with E-state index in [0.717, 1.165) is 50.5 Å². The zero-order valence-electron chi connectivity index (χ0n) is 16.2. The maximum atomic E-state index is 5.67. The molecule has 0 amide bonds. The van der Waals surface area contributed by atoms with Gasteiger partial charge in [0.1, 0.15) is 0 Å². The molecule has 1 atom stereocenters. The number of fused-ring (bicyclic) bond motifs is 3. The number of aromatic nitrogens is 1. The summed E-state index contributed by atoms with van der Waals surface area (Å²) in [5.41, 5.74) is 5.37. The first-order valence-electron chi connectivity index (χ1n) is 10.0. The number of hydrogen-bond acceptors (Lipinski definition) is 4. The standard InChI is InChI=1S/C23H26N2O3/c1-26-11-10-25-9-8-16-12-22-23(28-15-27-22)13-19(16)21(25)7-6-17-14-24-20-5-3-2-4-18(17)20/h2-5,12-14,21,24H,6-11,15H2,1H3. The number of hydrogen-bond donors (Lipinski definition) is 1. The fraction of sp³-hybridized carbons (Fsp3) is 0.391. The topological polar surface area (TPSA) is 46.7 Å². The van der Waals surface area contributed by atoms with Crippen molar-refractivity contribution in [3.05, 3.63) is 59.3 Å². The first-order valence-corrected chi connectivity index (χ1v) is 10.0. The number of rotatable bonds is 6. The average molecular weight is 378 g/mol. The Hall–Kier alpha value is -2.50. The molecule has 5 heteroatoms. The molecule has 2 aromatic carbocycles. The van der Waals surface area contributed by atoms with Crippen molar-refractivity contribution in [2.45, 2.75) is 25.3 Å². The van der Waals surface area contributed by atoms with Crippen LogP contribution in [0.2, 0.25) is 0 Å². The monoisotopic (exact) mass is 378 g/mol. The van der Waals surface area contributed by atoms with Crippen molar-refractivity contribution in [2.24, 2.45) is 0 Å². The molecule has 3 heterocycles. The van der Waals surface area contributed by atoms with Gasteiger partial charge in [0.15, 0.2) is 11.5 Å². The fourth-order valence-electron chi connectivity index (χ4n) is 4.59. The summed E-state index contributed by atoms with van der Waals surface area (Å²) in [5.74, 6) is 1.77. The van der Waals surface area contributed by atoms with Gasteiger partial charge in [-0.2, -0.15) is 0 Å². The van der Waals surface area contributed by atoms with Gasteiger partial charge in [-0.25, -0.2) is 0 Å². The molecule has 0 spiro atoms.